The third-order valence-electron chi connectivity index (χ3n) is 4.41. The van der Waals surface area contributed by atoms with Gasteiger partial charge in [0.2, 0.25) is 0 Å². The first-order valence-corrected chi connectivity index (χ1v) is 7.72. The highest BCUT2D eigenvalue weighted by Crippen LogP contribution is 2.39. The molecule has 0 amide bonds. The van der Waals surface area contributed by atoms with Gasteiger partial charge in [0, 0.05) is 24.6 Å². The maximum atomic E-state index is 11.2. The lowest BCUT2D eigenvalue weighted by molar-refractivity contribution is -0.384. The van der Waals surface area contributed by atoms with Gasteiger partial charge in [-0.05, 0) is 44.6 Å². The number of rotatable bonds is 7. The van der Waals surface area contributed by atoms with E-state index in [2.05, 4.69) is 24.3 Å². The molecular formula is C16H25N3O3. The van der Waals surface area contributed by atoms with E-state index < -0.39 is 0 Å². The van der Waals surface area contributed by atoms with Gasteiger partial charge in [-0.25, -0.2) is 0 Å². The number of aliphatic hydroxyl groups excluding tert-OH is 1. The molecule has 0 saturated heterocycles. The second kappa shape index (κ2) is 7.07. The Morgan fingerprint density at radius 1 is 1.36 bits per heavy atom. The molecule has 2 N–H and O–H groups in total. The van der Waals surface area contributed by atoms with Gasteiger partial charge in [0.1, 0.15) is 5.69 Å². The van der Waals surface area contributed by atoms with E-state index in [1.165, 1.54) is 18.9 Å². The summed E-state index contributed by atoms with van der Waals surface area (Å²) in [5.74, 6) is 0. The van der Waals surface area contributed by atoms with E-state index >= 15 is 0 Å². The van der Waals surface area contributed by atoms with Crippen molar-refractivity contribution in [3.63, 3.8) is 0 Å². The van der Waals surface area contributed by atoms with Crippen LogP contribution in [0, 0.1) is 15.5 Å². The molecule has 122 valence electrons. The number of hydrogen-bond donors (Lipinski definition) is 2. The summed E-state index contributed by atoms with van der Waals surface area (Å²) in [7, 11) is 4.13. The summed E-state index contributed by atoms with van der Waals surface area (Å²) in [5.41, 5.74) is 1.42. The highest BCUT2D eigenvalue weighted by atomic mass is 16.6. The predicted molar refractivity (Wildman–Crippen MR) is 87.0 cm³/mol. The standard InChI is InChI=1S/C16H25N3O3/c1-18(2)12-16(7-3-4-8-16)11-17-14-9-13(10-20)5-6-15(14)19(21)22/h5-6,9,17,20H,3-4,7-8,10-12H2,1-2H3. The number of nitrogens with zero attached hydrogens (tertiary/aromatic N) is 2. The minimum absolute atomic E-state index is 0.0650. The number of hydrogen-bond acceptors (Lipinski definition) is 5. The average molecular weight is 307 g/mol. The van der Waals surface area contributed by atoms with E-state index in [1.54, 1.807) is 12.1 Å². The van der Waals surface area contributed by atoms with Crippen LogP contribution in [0.15, 0.2) is 18.2 Å². The van der Waals surface area contributed by atoms with Crippen LogP contribution in [0.4, 0.5) is 11.4 Å². The molecule has 0 atom stereocenters. The summed E-state index contributed by atoms with van der Waals surface area (Å²) in [6, 6.07) is 4.73. The van der Waals surface area contributed by atoms with Crippen LogP contribution in [-0.4, -0.2) is 42.1 Å². The van der Waals surface area contributed by atoms with Crippen molar-refractivity contribution in [2.45, 2.75) is 32.3 Å². The Labute approximate surface area is 131 Å². The van der Waals surface area contributed by atoms with E-state index in [4.69, 9.17) is 0 Å². The van der Waals surface area contributed by atoms with Gasteiger partial charge >= 0.3 is 0 Å². The minimum Gasteiger partial charge on any atom is -0.392 e. The zero-order valence-corrected chi connectivity index (χ0v) is 13.3. The number of anilines is 1. The maximum Gasteiger partial charge on any atom is 0.292 e. The fourth-order valence-electron chi connectivity index (χ4n) is 3.45. The lowest BCUT2D eigenvalue weighted by atomic mass is 9.85. The number of benzene rings is 1. The number of nitrogens with one attached hydrogen (secondary N) is 1. The summed E-state index contributed by atoms with van der Waals surface area (Å²) < 4.78 is 0. The normalized spacial score (nSPS) is 16.9. The Hall–Kier alpha value is -1.66. The number of nitro benzene ring substituents is 1. The van der Waals surface area contributed by atoms with E-state index in [1.807, 2.05) is 0 Å². The van der Waals surface area contributed by atoms with Crippen LogP contribution < -0.4 is 5.32 Å². The smallest absolute Gasteiger partial charge is 0.292 e. The van der Waals surface area contributed by atoms with Crippen LogP contribution in [0.25, 0.3) is 0 Å². The van der Waals surface area contributed by atoms with Gasteiger partial charge in [-0.2, -0.15) is 0 Å². The molecule has 22 heavy (non-hydrogen) atoms. The molecule has 1 aliphatic carbocycles. The third kappa shape index (κ3) is 3.96. The Morgan fingerprint density at radius 2 is 2.05 bits per heavy atom. The summed E-state index contributed by atoms with van der Waals surface area (Å²) in [5, 5.41) is 23.7. The Bertz CT molecular complexity index is 525. The van der Waals surface area contributed by atoms with E-state index in [9.17, 15) is 15.2 Å². The lowest BCUT2D eigenvalue weighted by Gasteiger charge is -2.32. The third-order valence-corrected chi connectivity index (χ3v) is 4.41. The number of aliphatic hydroxyl groups is 1. The summed E-state index contributed by atoms with van der Waals surface area (Å²) in [4.78, 5) is 13.0. The molecule has 0 aliphatic heterocycles. The van der Waals surface area contributed by atoms with Crippen molar-refractivity contribution in [2.75, 3.05) is 32.5 Å². The molecule has 2 rings (SSSR count). The van der Waals surface area contributed by atoms with Crippen LogP contribution in [0.5, 0.6) is 0 Å². The molecule has 0 bridgehead atoms. The largest absolute Gasteiger partial charge is 0.392 e. The van der Waals surface area contributed by atoms with Crippen molar-refractivity contribution in [3.05, 3.63) is 33.9 Å². The molecular weight excluding hydrogens is 282 g/mol. The first kappa shape index (κ1) is 16.7. The van der Waals surface area contributed by atoms with Crippen LogP contribution in [0.1, 0.15) is 31.2 Å². The van der Waals surface area contributed by atoms with Crippen LogP contribution in [-0.2, 0) is 6.61 Å². The van der Waals surface area contributed by atoms with Crippen LogP contribution in [0.3, 0.4) is 0 Å². The van der Waals surface area contributed by atoms with Crippen molar-refractivity contribution < 1.29 is 10.0 Å². The predicted octanol–water partition coefficient (Wildman–Crippen LogP) is 2.62. The highest BCUT2D eigenvalue weighted by Gasteiger charge is 2.34. The lowest BCUT2D eigenvalue weighted by Crippen LogP contribution is -2.37. The molecule has 1 aliphatic rings. The maximum absolute atomic E-state index is 11.2. The van der Waals surface area contributed by atoms with E-state index in [-0.39, 0.29) is 22.6 Å². The SMILES string of the molecule is CN(C)CC1(CNc2cc(CO)ccc2[N+](=O)[O-])CCCC1. The molecule has 1 fully saturated rings. The molecule has 0 unspecified atom stereocenters. The van der Waals surface area contributed by atoms with Gasteiger partial charge in [-0.15, -0.1) is 0 Å². The van der Waals surface area contributed by atoms with Gasteiger partial charge < -0.3 is 15.3 Å². The molecule has 0 aromatic heterocycles. The summed E-state index contributed by atoms with van der Waals surface area (Å²) >= 11 is 0. The average Bonchev–Trinajstić information content (AvgIpc) is 2.92. The van der Waals surface area contributed by atoms with Crippen molar-refractivity contribution in [2.24, 2.45) is 5.41 Å². The van der Waals surface area contributed by atoms with Gasteiger partial charge in [0.15, 0.2) is 0 Å². The van der Waals surface area contributed by atoms with Gasteiger partial charge in [0.25, 0.3) is 5.69 Å². The van der Waals surface area contributed by atoms with Gasteiger partial charge in [-0.1, -0.05) is 12.8 Å². The zero-order chi connectivity index (χ0) is 16.2. The Kier molecular flexibility index (Phi) is 5.37. The van der Waals surface area contributed by atoms with Crippen LogP contribution >= 0.6 is 0 Å². The Morgan fingerprint density at radius 3 is 2.59 bits per heavy atom. The monoisotopic (exact) mass is 307 g/mol. The fraction of sp³-hybridized carbons (Fsp3) is 0.625. The molecule has 1 saturated carbocycles. The summed E-state index contributed by atoms with van der Waals surface area (Å²) in [6.45, 7) is 1.59. The van der Waals surface area contributed by atoms with Crippen molar-refractivity contribution in [1.82, 2.24) is 4.90 Å². The zero-order valence-electron chi connectivity index (χ0n) is 13.3. The highest BCUT2D eigenvalue weighted by molar-refractivity contribution is 5.62. The molecule has 0 radical (unpaired) electrons. The van der Waals surface area contributed by atoms with Gasteiger partial charge in [0.05, 0.1) is 11.5 Å². The molecule has 0 heterocycles. The van der Waals surface area contributed by atoms with Crippen molar-refractivity contribution in [1.29, 1.82) is 0 Å². The number of nitro groups is 1. The first-order chi connectivity index (χ1) is 10.5. The topological polar surface area (TPSA) is 78.6 Å². The van der Waals surface area contributed by atoms with Crippen molar-refractivity contribution >= 4 is 11.4 Å². The summed E-state index contributed by atoms with van der Waals surface area (Å²) in [6.07, 6.45) is 4.72. The van der Waals surface area contributed by atoms with Gasteiger partial charge in [-0.3, -0.25) is 10.1 Å². The van der Waals surface area contributed by atoms with E-state index in [0.717, 1.165) is 25.9 Å². The van der Waals surface area contributed by atoms with E-state index in [0.29, 0.717) is 11.3 Å². The second-order valence-electron chi connectivity index (χ2n) is 6.57. The molecule has 1 aromatic rings. The second-order valence-corrected chi connectivity index (χ2v) is 6.57. The quantitative estimate of drug-likeness (QED) is 0.598. The van der Waals surface area contributed by atoms with Crippen LogP contribution in [0.2, 0.25) is 0 Å². The first-order valence-electron chi connectivity index (χ1n) is 7.72. The van der Waals surface area contributed by atoms with Crippen molar-refractivity contribution in [3.8, 4) is 0 Å². The minimum atomic E-state index is -0.378. The molecule has 0 spiro atoms. The molecule has 1 aromatic carbocycles. The fourth-order valence-corrected chi connectivity index (χ4v) is 3.45. The molecule has 6 nitrogen and oxygen atoms in total. The molecule has 6 heteroatoms. The Balaban J connectivity index is 2.16.